The highest BCUT2D eigenvalue weighted by Gasteiger charge is 2.14. The molecule has 16 heavy (non-hydrogen) atoms. The van der Waals surface area contributed by atoms with Crippen LogP contribution in [0.5, 0.6) is 5.75 Å². The lowest BCUT2D eigenvalue weighted by atomic mass is 10.0. The Labute approximate surface area is 97.1 Å². The predicted molar refractivity (Wildman–Crippen MR) is 65.8 cm³/mol. The molecule has 1 aliphatic rings. The van der Waals surface area contributed by atoms with E-state index < -0.39 is 0 Å². The van der Waals surface area contributed by atoms with Crippen molar-refractivity contribution in [1.29, 1.82) is 0 Å². The van der Waals surface area contributed by atoms with Gasteiger partial charge in [-0.15, -0.1) is 0 Å². The van der Waals surface area contributed by atoms with Crippen LogP contribution < -0.4 is 5.32 Å². The van der Waals surface area contributed by atoms with Gasteiger partial charge < -0.3 is 15.3 Å². The first-order valence-electron chi connectivity index (χ1n) is 5.98. The normalized spacial score (nSPS) is 19.6. The lowest BCUT2D eigenvalue weighted by Crippen LogP contribution is -2.44. The van der Waals surface area contributed by atoms with Crippen molar-refractivity contribution >= 4 is 0 Å². The minimum atomic E-state index is 0.345. The Morgan fingerprint density at radius 3 is 2.50 bits per heavy atom. The van der Waals surface area contributed by atoms with Gasteiger partial charge in [-0.05, 0) is 23.6 Å². The van der Waals surface area contributed by atoms with E-state index >= 15 is 0 Å². The SMILES string of the molecule is CC(CN1CCNCC1)c1ccc(O)cc1. The maximum Gasteiger partial charge on any atom is 0.115 e. The summed E-state index contributed by atoms with van der Waals surface area (Å²) in [4.78, 5) is 2.49. The summed E-state index contributed by atoms with van der Waals surface area (Å²) < 4.78 is 0. The Morgan fingerprint density at radius 2 is 1.88 bits per heavy atom. The molecule has 1 unspecified atom stereocenters. The van der Waals surface area contributed by atoms with Crippen molar-refractivity contribution in [2.75, 3.05) is 32.7 Å². The predicted octanol–water partition coefficient (Wildman–Crippen LogP) is 1.40. The summed E-state index contributed by atoms with van der Waals surface area (Å²) in [5.41, 5.74) is 1.30. The Bertz CT molecular complexity index is 317. The lowest BCUT2D eigenvalue weighted by molar-refractivity contribution is 0.230. The van der Waals surface area contributed by atoms with Gasteiger partial charge in [0.25, 0.3) is 0 Å². The van der Waals surface area contributed by atoms with E-state index in [1.54, 1.807) is 12.1 Å². The molecule has 1 fully saturated rings. The number of hydrogen-bond donors (Lipinski definition) is 2. The van der Waals surface area contributed by atoms with Crippen molar-refractivity contribution in [2.45, 2.75) is 12.8 Å². The van der Waals surface area contributed by atoms with Gasteiger partial charge >= 0.3 is 0 Å². The standard InChI is InChI=1S/C13H20N2O/c1-11(10-15-8-6-14-7-9-15)12-2-4-13(16)5-3-12/h2-5,11,14,16H,6-10H2,1H3. The number of benzene rings is 1. The van der Waals surface area contributed by atoms with Crippen LogP contribution in [0.25, 0.3) is 0 Å². The van der Waals surface area contributed by atoms with Crippen molar-refractivity contribution < 1.29 is 5.11 Å². The summed E-state index contributed by atoms with van der Waals surface area (Å²) >= 11 is 0. The van der Waals surface area contributed by atoms with Gasteiger partial charge in [-0.3, -0.25) is 0 Å². The molecule has 1 aliphatic heterocycles. The van der Waals surface area contributed by atoms with E-state index in [0.717, 1.165) is 32.7 Å². The number of hydrogen-bond acceptors (Lipinski definition) is 3. The number of phenolic OH excluding ortho intramolecular Hbond substituents is 1. The number of rotatable bonds is 3. The minimum absolute atomic E-state index is 0.345. The van der Waals surface area contributed by atoms with E-state index in [2.05, 4.69) is 17.1 Å². The zero-order chi connectivity index (χ0) is 11.4. The van der Waals surface area contributed by atoms with Gasteiger partial charge in [-0.1, -0.05) is 19.1 Å². The van der Waals surface area contributed by atoms with E-state index in [4.69, 9.17) is 0 Å². The smallest absolute Gasteiger partial charge is 0.115 e. The van der Waals surface area contributed by atoms with Crippen LogP contribution in [0.15, 0.2) is 24.3 Å². The summed E-state index contributed by atoms with van der Waals surface area (Å²) in [7, 11) is 0. The van der Waals surface area contributed by atoms with Gasteiger partial charge in [-0.2, -0.15) is 0 Å². The summed E-state index contributed by atoms with van der Waals surface area (Å²) in [6.45, 7) is 7.83. The average molecular weight is 220 g/mol. The average Bonchev–Trinajstić information content (AvgIpc) is 2.31. The summed E-state index contributed by atoms with van der Waals surface area (Å²) in [5, 5.41) is 12.6. The van der Waals surface area contributed by atoms with Gasteiger partial charge in [0.1, 0.15) is 5.75 Å². The molecule has 2 N–H and O–H groups in total. The Hall–Kier alpha value is -1.06. The molecule has 0 amide bonds. The number of piperazine rings is 1. The van der Waals surface area contributed by atoms with Crippen LogP contribution in [0.2, 0.25) is 0 Å². The second kappa shape index (κ2) is 5.32. The van der Waals surface area contributed by atoms with Gasteiger partial charge in [0.2, 0.25) is 0 Å². The van der Waals surface area contributed by atoms with Crippen molar-refractivity contribution in [3.63, 3.8) is 0 Å². The first-order chi connectivity index (χ1) is 7.75. The lowest BCUT2D eigenvalue weighted by Gasteiger charge is -2.29. The monoisotopic (exact) mass is 220 g/mol. The molecule has 1 heterocycles. The second-order valence-electron chi connectivity index (χ2n) is 4.54. The molecular formula is C13H20N2O. The highest BCUT2D eigenvalue weighted by atomic mass is 16.3. The second-order valence-corrected chi connectivity index (χ2v) is 4.54. The van der Waals surface area contributed by atoms with Crippen LogP contribution in [-0.2, 0) is 0 Å². The highest BCUT2D eigenvalue weighted by Crippen LogP contribution is 2.19. The van der Waals surface area contributed by atoms with Gasteiger partial charge in [0, 0.05) is 32.7 Å². The third-order valence-corrected chi connectivity index (χ3v) is 3.20. The molecule has 1 aromatic carbocycles. The fourth-order valence-corrected chi connectivity index (χ4v) is 2.19. The first-order valence-corrected chi connectivity index (χ1v) is 5.98. The topological polar surface area (TPSA) is 35.5 Å². The Kier molecular flexibility index (Phi) is 3.80. The molecule has 88 valence electrons. The van der Waals surface area contributed by atoms with Crippen LogP contribution in [-0.4, -0.2) is 42.7 Å². The molecule has 0 aliphatic carbocycles. The van der Waals surface area contributed by atoms with E-state index in [9.17, 15) is 5.11 Å². The third-order valence-electron chi connectivity index (χ3n) is 3.20. The maximum atomic E-state index is 9.24. The highest BCUT2D eigenvalue weighted by molar-refractivity contribution is 5.28. The van der Waals surface area contributed by atoms with Crippen molar-refractivity contribution in [2.24, 2.45) is 0 Å². The molecule has 3 heteroatoms. The molecule has 0 spiro atoms. The maximum absolute atomic E-state index is 9.24. The molecule has 1 aromatic rings. The third kappa shape index (κ3) is 2.97. The van der Waals surface area contributed by atoms with Gasteiger partial charge in [0.15, 0.2) is 0 Å². The molecule has 3 nitrogen and oxygen atoms in total. The first kappa shape index (κ1) is 11.4. The van der Waals surface area contributed by atoms with Crippen LogP contribution >= 0.6 is 0 Å². The largest absolute Gasteiger partial charge is 0.508 e. The number of phenols is 1. The van der Waals surface area contributed by atoms with Crippen molar-refractivity contribution in [3.05, 3.63) is 29.8 Å². The van der Waals surface area contributed by atoms with Crippen LogP contribution in [0.3, 0.4) is 0 Å². The minimum Gasteiger partial charge on any atom is -0.508 e. The Balaban J connectivity index is 1.91. The van der Waals surface area contributed by atoms with Crippen molar-refractivity contribution in [3.8, 4) is 5.75 Å². The Morgan fingerprint density at radius 1 is 1.25 bits per heavy atom. The van der Waals surface area contributed by atoms with Crippen LogP contribution in [0.4, 0.5) is 0 Å². The quantitative estimate of drug-likeness (QED) is 0.808. The molecule has 0 radical (unpaired) electrons. The zero-order valence-corrected chi connectivity index (χ0v) is 9.82. The molecule has 1 atom stereocenters. The molecule has 2 rings (SSSR count). The van der Waals surface area contributed by atoms with Crippen molar-refractivity contribution in [1.82, 2.24) is 10.2 Å². The molecule has 0 saturated carbocycles. The van der Waals surface area contributed by atoms with E-state index in [-0.39, 0.29) is 0 Å². The van der Waals surface area contributed by atoms with E-state index in [1.165, 1.54) is 5.56 Å². The number of nitrogens with zero attached hydrogens (tertiary/aromatic N) is 1. The number of nitrogens with one attached hydrogen (secondary N) is 1. The summed E-state index contributed by atoms with van der Waals surface area (Å²) in [5.74, 6) is 0.872. The van der Waals surface area contributed by atoms with Gasteiger partial charge in [0.05, 0.1) is 0 Å². The van der Waals surface area contributed by atoms with E-state index in [0.29, 0.717) is 11.7 Å². The summed E-state index contributed by atoms with van der Waals surface area (Å²) in [6.07, 6.45) is 0. The van der Waals surface area contributed by atoms with Crippen LogP contribution in [0.1, 0.15) is 18.4 Å². The fraction of sp³-hybridized carbons (Fsp3) is 0.538. The van der Waals surface area contributed by atoms with Crippen LogP contribution in [0, 0.1) is 0 Å². The number of aromatic hydroxyl groups is 1. The summed E-state index contributed by atoms with van der Waals surface area (Å²) in [6, 6.07) is 7.57. The fourth-order valence-electron chi connectivity index (χ4n) is 2.19. The van der Waals surface area contributed by atoms with E-state index in [1.807, 2.05) is 12.1 Å². The zero-order valence-electron chi connectivity index (χ0n) is 9.82. The molecular weight excluding hydrogens is 200 g/mol. The molecule has 0 aromatic heterocycles. The molecule has 0 bridgehead atoms. The molecule has 1 saturated heterocycles. The van der Waals surface area contributed by atoms with Gasteiger partial charge in [-0.25, -0.2) is 0 Å².